The number of carbonyl (C=O) groups is 1. The Labute approximate surface area is 118 Å². The van der Waals surface area contributed by atoms with Gasteiger partial charge in [0.2, 0.25) is 10.0 Å². The van der Waals surface area contributed by atoms with Crippen LogP contribution in [0.3, 0.4) is 0 Å². The lowest BCUT2D eigenvalue weighted by atomic mass is 10.0. The van der Waals surface area contributed by atoms with Gasteiger partial charge in [-0.3, -0.25) is 4.79 Å². The fraction of sp³-hybridized carbons (Fsp3) is 0.462. The molecule has 0 fully saturated rings. The molecule has 0 saturated heterocycles. The minimum atomic E-state index is -3.79. The Morgan fingerprint density at radius 1 is 1.35 bits per heavy atom. The molecule has 112 valence electrons. The van der Waals surface area contributed by atoms with Crippen molar-refractivity contribution in [3.05, 3.63) is 29.3 Å². The Bertz CT molecular complexity index is 607. The molecule has 0 aliphatic carbocycles. The Morgan fingerprint density at radius 2 is 1.95 bits per heavy atom. The smallest absolute Gasteiger partial charge is 0.306 e. The summed E-state index contributed by atoms with van der Waals surface area (Å²) >= 11 is 0. The summed E-state index contributed by atoms with van der Waals surface area (Å²) in [5.74, 6) is -1.19. The van der Waals surface area contributed by atoms with Crippen molar-refractivity contribution in [1.82, 2.24) is 4.72 Å². The van der Waals surface area contributed by atoms with Gasteiger partial charge in [0.15, 0.2) is 0 Å². The summed E-state index contributed by atoms with van der Waals surface area (Å²) in [7, 11) is -3.79. The summed E-state index contributed by atoms with van der Waals surface area (Å²) < 4.78 is 26.6. The first kappa shape index (κ1) is 16.6. The number of aryl methyl sites for hydroxylation is 2. The molecule has 20 heavy (non-hydrogen) atoms. The van der Waals surface area contributed by atoms with E-state index in [1.54, 1.807) is 26.0 Å². The molecule has 1 aromatic carbocycles. The minimum Gasteiger partial charge on any atom is -0.481 e. The third-order valence-electron chi connectivity index (χ3n) is 2.81. The Balaban J connectivity index is 2.91. The lowest BCUT2D eigenvalue weighted by Crippen LogP contribution is -2.42. The van der Waals surface area contributed by atoms with Crippen LogP contribution in [0.15, 0.2) is 23.1 Å². The maximum Gasteiger partial charge on any atom is 0.306 e. The van der Waals surface area contributed by atoms with Crippen molar-refractivity contribution in [3.63, 3.8) is 0 Å². The normalized spacial score (nSPS) is 14.8. The van der Waals surface area contributed by atoms with Crippen molar-refractivity contribution in [2.75, 3.05) is 6.54 Å². The summed E-state index contributed by atoms with van der Waals surface area (Å²) in [5, 5.41) is 18.5. The second-order valence-electron chi connectivity index (χ2n) is 5.16. The van der Waals surface area contributed by atoms with Crippen molar-refractivity contribution >= 4 is 16.0 Å². The van der Waals surface area contributed by atoms with Crippen LogP contribution in [0, 0.1) is 13.8 Å². The van der Waals surface area contributed by atoms with Gasteiger partial charge < -0.3 is 10.2 Å². The molecule has 0 heterocycles. The van der Waals surface area contributed by atoms with Crippen LogP contribution in [0.2, 0.25) is 0 Å². The van der Waals surface area contributed by atoms with Gasteiger partial charge in [-0.15, -0.1) is 0 Å². The average Bonchev–Trinajstić information content (AvgIpc) is 2.28. The number of hydrogen-bond donors (Lipinski definition) is 3. The number of hydrogen-bond acceptors (Lipinski definition) is 4. The fourth-order valence-electron chi connectivity index (χ4n) is 1.71. The molecule has 0 amide bonds. The van der Waals surface area contributed by atoms with Crippen molar-refractivity contribution in [2.45, 2.75) is 37.7 Å². The number of aliphatic carboxylic acids is 1. The molecule has 1 aromatic rings. The second kappa shape index (κ2) is 5.90. The Hall–Kier alpha value is -1.44. The standard InChI is InChI=1S/C13H19NO5S/c1-9-4-5-10(2)11(6-9)20(18,19)14-8-13(3,17)7-12(15)16/h4-6,14,17H,7-8H2,1-3H3,(H,15,16). The summed E-state index contributed by atoms with van der Waals surface area (Å²) in [6.07, 6.45) is -0.539. The van der Waals surface area contributed by atoms with E-state index in [0.29, 0.717) is 5.56 Å². The van der Waals surface area contributed by atoms with Crippen LogP contribution >= 0.6 is 0 Å². The molecule has 7 heteroatoms. The van der Waals surface area contributed by atoms with E-state index in [0.717, 1.165) is 5.56 Å². The van der Waals surface area contributed by atoms with Crippen LogP contribution in [-0.4, -0.2) is 36.7 Å². The molecular weight excluding hydrogens is 282 g/mol. The van der Waals surface area contributed by atoms with E-state index in [4.69, 9.17) is 5.11 Å². The zero-order chi connectivity index (χ0) is 15.6. The molecule has 6 nitrogen and oxygen atoms in total. The zero-order valence-electron chi connectivity index (χ0n) is 11.7. The average molecular weight is 301 g/mol. The molecular formula is C13H19NO5S. The van der Waals surface area contributed by atoms with Crippen LogP contribution < -0.4 is 4.72 Å². The van der Waals surface area contributed by atoms with Gasteiger partial charge in [-0.25, -0.2) is 13.1 Å². The summed E-state index contributed by atoms with van der Waals surface area (Å²) in [4.78, 5) is 10.7. The van der Waals surface area contributed by atoms with E-state index >= 15 is 0 Å². The van der Waals surface area contributed by atoms with Crippen LogP contribution in [0.4, 0.5) is 0 Å². The number of sulfonamides is 1. The van der Waals surface area contributed by atoms with Crippen molar-refractivity contribution in [2.24, 2.45) is 0 Å². The molecule has 1 rings (SSSR count). The maximum atomic E-state index is 12.2. The van der Waals surface area contributed by atoms with E-state index in [1.165, 1.54) is 13.0 Å². The van der Waals surface area contributed by atoms with E-state index in [2.05, 4.69) is 4.72 Å². The Morgan fingerprint density at radius 3 is 2.50 bits per heavy atom. The number of nitrogens with one attached hydrogen (secondary N) is 1. The van der Waals surface area contributed by atoms with Gasteiger partial charge in [-0.2, -0.15) is 0 Å². The van der Waals surface area contributed by atoms with Crippen LogP contribution in [0.25, 0.3) is 0 Å². The molecule has 0 aliphatic heterocycles. The topological polar surface area (TPSA) is 104 Å². The van der Waals surface area contributed by atoms with Gasteiger partial charge in [0.05, 0.1) is 16.9 Å². The van der Waals surface area contributed by atoms with Gasteiger partial charge in [0.1, 0.15) is 0 Å². The maximum absolute atomic E-state index is 12.2. The predicted octanol–water partition coefficient (Wildman–Crippen LogP) is 0.807. The quantitative estimate of drug-likeness (QED) is 0.721. The van der Waals surface area contributed by atoms with E-state index in [-0.39, 0.29) is 11.4 Å². The first-order valence-electron chi connectivity index (χ1n) is 6.05. The number of carboxylic acids is 1. The largest absolute Gasteiger partial charge is 0.481 e. The third-order valence-corrected chi connectivity index (χ3v) is 4.35. The molecule has 0 spiro atoms. The lowest BCUT2D eigenvalue weighted by molar-refractivity contribution is -0.141. The van der Waals surface area contributed by atoms with Gasteiger partial charge in [0.25, 0.3) is 0 Å². The van der Waals surface area contributed by atoms with E-state index < -0.39 is 28.0 Å². The predicted molar refractivity (Wildman–Crippen MR) is 74.0 cm³/mol. The second-order valence-corrected chi connectivity index (χ2v) is 6.90. The zero-order valence-corrected chi connectivity index (χ0v) is 12.5. The molecule has 0 aromatic heterocycles. The van der Waals surface area contributed by atoms with E-state index in [1.807, 2.05) is 0 Å². The highest BCUT2D eigenvalue weighted by atomic mass is 32.2. The molecule has 3 N–H and O–H groups in total. The van der Waals surface area contributed by atoms with Crippen LogP contribution in [0.5, 0.6) is 0 Å². The summed E-state index contributed by atoms with van der Waals surface area (Å²) in [5.41, 5.74) is -0.259. The number of aliphatic hydroxyl groups is 1. The highest BCUT2D eigenvalue weighted by molar-refractivity contribution is 7.89. The van der Waals surface area contributed by atoms with Crippen LogP contribution in [-0.2, 0) is 14.8 Å². The molecule has 1 unspecified atom stereocenters. The fourth-order valence-corrected chi connectivity index (χ4v) is 3.20. The van der Waals surface area contributed by atoms with Gasteiger partial charge in [-0.1, -0.05) is 12.1 Å². The number of carboxylic acid groups (broad SMARTS) is 1. The first-order valence-corrected chi connectivity index (χ1v) is 7.53. The third kappa shape index (κ3) is 4.59. The van der Waals surface area contributed by atoms with Gasteiger partial charge in [-0.05, 0) is 38.0 Å². The highest BCUT2D eigenvalue weighted by Gasteiger charge is 2.27. The molecule has 0 aliphatic rings. The van der Waals surface area contributed by atoms with Gasteiger partial charge in [0, 0.05) is 6.54 Å². The molecule has 0 bridgehead atoms. The summed E-state index contributed by atoms with van der Waals surface area (Å²) in [6, 6.07) is 5.03. The minimum absolute atomic E-state index is 0.128. The first-order chi connectivity index (χ1) is 9.03. The lowest BCUT2D eigenvalue weighted by Gasteiger charge is -2.21. The number of benzene rings is 1. The molecule has 0 saturated carbocycles. The van der Waals surface area contributed by atoms with Crippen LogP contribution in [0.1, 0.15) is 24.5 Å². The number of rotatable bonds is 6. The van der Waals surface area contributed by atoms with Crippen molar-refractivity contribution in [1.29, 1.82) is 0 Å². The monoisotopic (exact) mass is 301 g/mol. The highest BCUT2D eigenvalue weighted by Crippen LogP contribution is 2.17. The van der Waals surface area contributed by atoms with E-state index in [9.17, 15) is 18.3 Å². The van der Waals surface area contributed by atoms with Crippen molar-refractivity contribution in [3.8, 4) is 0 Å². The molecule has 0 radical (unpaired) electrons. The van der Waals surface area contributed by atoms with Gasteiger partial charge >= 0.3 is 5.97 Å². The Kier molecular flexibility index (Phi) is 4.90. The van der Waals surface area contributed by atoms with Crippen molar-refractivity contribution < 1.29 is 23.4 Å². The summed E-state index contributed by atoms with van der Waals surface area (Å²) in [6.45, 7) is 4.35. The SMILES string of the molecule is Cc1ccc(C)c(S(=O)(=O)NCC(C)(O)CC(=O)O)c1. The molecule has 1 atom stereocenters.